The molecule has 1 aliphatic carbocycles. The van der Waals surface area contributed by atoms with Crippen LogP contribution in [-0.4, -0.2) is 25.2 Å². The summed E-state index contributed by atoms with van der Waals surface area (Å²) in [5.41, 5.74) is 0. The molecule has 0 amide bonds. The Labute approximate surface area is 82.1 Å². The van der Waals surface area contributed by atoms with Gasteiger partial charge in [0.15, 0.2) is 5.13 Å². The van der Waals surface area contributed by atoms with Crippen molar-refractivity contribution in [2.45, 2.75) is 18.8 Å². The van der Waals surface area contributed by atoms with Gasteiger partial charge >= 0.3 is 0 Å². The van der Waals surface area contributed by atoms with E-state index < -0.39 is 0 Å². The maximum atomic E-state index is 4.94. The minimum atomic E-state index is 0.734. The van der Waals surface area contributed by atoms with E-state index in [0.717, 1.165) is 24.2 Å². The van der Waals surface area contributed by atoms with Crippen molar-refractivity contribution in [1.82, 2.24) is 4.98 Å². The number of anilines is 1. The van der Waals surface area contributed by atoms with Crippen LogP contribution >= 0.6 is 11.3 Å². The second kappa shape index (κ2) is 4.07. The highest BCUT2D eigenvalue weighted by molar-refractivity contribution is 7.15. The van der Waals surface area contributed by atoms with Crippen LogP contribution in [0.15, 0.2) is 6.20 Å². The van der Waals surface area contributed by atoms with Gasteiger partial charge in [-0.25, -0.2) is 4.98 Å². The summed E-state index contributed by atoms with van der Waals surface area (Å²) in [5, 5.41) is 4.26. The lowest BCUT2D eigenvalue weighted by Crippen LogP contribution is -2.06. The van der Waals surface area contributed by atoms with Crippen molar-refractivity contribution < 1.29 is 4.74 Å². The average Bonchev–Trinajstić information content (AvgIpc) is 2.88. The molecule has 0 aromatic carbocycles. The van der Waals surface area contributed by atoms with Gasteiger partial charge in [0.2, 0.25) is 0 Å². The number of aromatic nitrogens is 1. The van der Waals surface area contributed by atoms with Crippen molar-refractivity contribution >= 4 is 16.5 Å². The molecule has 0 atom stereocenters. The molecule has 0 spiro atoms. The predicted molar refractivity (Wildman–Crippen MR) is 54.5 cm³/mol. The van der Waals surface area contributed by atoms with Gasteiger partial charge < -0.3 is 10.1 Å². The largest absolute Gasteiger partial charge is 0.383 e. The van der Waals surface area contributed by atoms with Crippen LogP contribution in [0.25, 0.3) is 0 Å². The van der Waals surface area contributed by atoms with Gasteiger partial charge in [0, 0.05) is 24.7 Å². The van der Waals surface area contributed by atoms with Gasteiger partial charge in [-0.1, -0.05) is 0 Å². The van der Waals surface area contributed by atoms with Gasteiger partial charge in [0.05, 0.1) is 6.61 Å². The Hall–Kier alpha value is -0.610. The zero-order valence-corrected chi connectivity index (χ0v) is 8.56. The number of nitrogens with one attached hydrogen (secondary N) is 1. The topological polar surface area (TPSA) is 34.1 Å². The lowest BCUT2D eigenvalue weighted by Gasteiger charge is -1.99. The zero-order chi connectivity index (χ0) is 9.10. The van der Waals surface area contributed by atoms with E-state index in [4.69, 9.17) is 4.74 Å². The normalized spacial score (nSPS) is 16.1. The van der Waals surface area contributed by atoms with E-state index >= 15 is 0 Å². The van der Waals surface area contributed by atoms with Crippen molar-refractivity contribution in [3.63, 3.8) is 0 Å². The molecule has 72 valence electrons. The Bertz CT molecular complexity index is 270. The second-order valence-corrected chi connectivity index (χ2v) is 4.32. The van der Waals surface area contributed by atoms with E-state index in [0.29, 0.717) is 0 Å². The lowest BCUT2D eigenvalue weighted by molar-refractivity contribution is 0.211. The molecule has 1 saturated carbocycles. The molecular weight excluding hydrogens is 184 g/mol. The molecule has 13 heavy (non-hydrogen) atoms. The summed E-state index contributed by atoms with van der Waals surface area (Å²) in [6, 6.07) is 0. The van der Waals surface area contributed by atoms with Gasteiger partial charge in [-0.15, -0.1) is 11.3 Å². The van der Waals surface area contributed by atoms with Crippen LogP contribution in [0.1, 0.15) is 23.6 Å². The molecule has 1 N–H and O–H groups in total. The number of rotatable bonds is 5. The van der Waals surface area contributed by atoms with Crippen LogP contribution in [0.5, 0.6) is 0 Å². The zero-order valence-electron chi connectivity index (χ0n) is 7.75. The molecule has 1 aromatic heterocycles. The molecule has 1 heterocycles. The summed E-state index contributed by atoms with van der Waals surface area (Å²) in [6.07, 6.45) is 4.69. The van der Waals surface area contributed by atoms with E-state index in [-0.39, 0.29) is 0 Å². The highest BCUT2D eigenvalue weighted by Crippen LogP contribution is 2.43. The van der Waals surface area contributed by atoms with Gasteiger partial charge in [0.1, 0.15) is 0 Å². The standard InChI is InChI=1S/C9H14N2OS/c1-12-5-4-10-9-11-6-8(13-9)7-2-3-7/h6-7H,2-5H2,1H3,(H,10,11). The Morgan fingerprint density at radius 2 is 2.54 bits per heavy atom. The molecule has 2 rings (SSSR count). The van der Waals surface area contributed by atoms with Crippen LogP contribution in [0, 0.1) is 0 Å². The predicted octanol–water partition coefficient (Wildman–Crippen LogP) is 2.08. The first-order chi connectivity index (χ1) is 6.40. The van der Waals surface area contributed by atoms with Crippen LogP contribution < -0.4 is 5.32 Å². The smallest absolute Gasteiger partial charge is 0.182 e. The quantitative estimate of drug-likeness (QED) is 0.735. The van der Waals surface area contributed by atoms with Gasteiger partial charge in [-0.05, 0) is 18.8 Å². The third-order valence-electron chi connectivity index (χ3n) is 2.09. The van der Waals surface area contributed by atoms with E-state index in [1.807, 2.05) is 6.20 Å². The van der Waals surface area contributed by atoms with E-state index in [1.54, 1.807) is 18.4 Å². The molecule has 0 bridgehead atoms. The third kappa shape index (κ3) is 2.42. The van der Waals surface area contributed by atoms with Crippen molar-refractivity contribution in [2.24, 2.45) is 0 Å². The Balaban J connectivity index is 1.82. The summed E-state index contributed by atoms with van der Waals surface area (Å²) < 4.78 is 4.94. The van der Waals surface area contributed by atoms with E-state index in [2.05, 4.69) is 10.3 Å². The molecule has 1 aliphatic rings. The fourth-order valence-electron chi connectivity index (χ4n) is 1.18. The number of hydrogen-bond acceptors (Lipinski definition) is 4. The van der Waals surface area contributed by atoms with Crippen molar-refractivity contribution in [1.29, 1.82) is 0 Å². The molecule has 0 unspecified atom stereocenters. The highest BCUT2D eigenvalue weighted by atomic mass is 32.1. The van der Waals surface area contributed by atoms with Gasteiger partial charge in [-0.2, -0.15) is 0 Å². The molecule has 4 heteroatoms. The lowest BCUT2D eigenvalue weighted by atomic mass is 10.4. The molecule has 0 saturated heterocycles. The number of thiazole rings is 1. The Kier molecular flexibility index (Phi) is 2.80. The monoisotopic (exact) mass is 198 g/mol. The maximum absolute atomic E-state index is 4.94. The molecule has 1 fully saturated rings. The maximum Gasteiger partial charge on any atom is 0.182 e. The van der Waals surface area contributed by atoms with E-state index in [9.17, 15) is 0 Å². The molecular formula is C9H14N2OS. The summed E-state index contributed by atoms with van der Waals surface area (Å²) in [6.45, 7) is 1.58. The first-order valence-corrected chi connectivity index (χ1v) is 5.40. The first kappa shape index (κ1) is 8.97. The fourth-order valence-corrected chi connectivity index (χ4v) is 2.20. The molecule has 3 nitrogen and oxygen atoms in total. The van der Waals surface area contributed by atoms with Crippen LogP contribution in [0.2, 0.25) is 0 Å². The van der Waals surface area contributed by atoms with Crippen LogP contribution in [0.3, 0.4) is 0 Å². The van der Waals surface area contributed by atoms with Gasteiger partial charge in [0.25, 0.3) is 0 Å². The minimum absolute atomic E-state index is 0.734. The van der Waals surface area contributed by atoms with Crippen LogP contribution in [0.4, 0.5) is 5.13 Å². The highest BCUT2D eigenvalue weighted by Gasteiger charge is 2.25. The summed E-state index contributed by atoms with van der Waals surface area (Å²) in [4.78, 5) is 5.73. The first-order valence-electron chi connectivity index (χ1n) is 4.58. The number of ether oxygens (including phenoxy) is 1. The second-order valence-electron chi connectivity index (χ2n) is 3.26. The van der Waals surface area contributed by atoms with E-state index in [1.165, 1.54) is 17.7 Å². The summed E-state index contributed by atoms with van der Waals surface area (Å²) in [7, 11) is 1.71. The molecule has 1 aromatic rings. The minimum Gasteiger partial charge on any atom is -0.383 e. The summed E-state index contributed by atoms with van der Waals surface area (Å²) >= 11 is 1.78. The van der Waals surface area contributed by atoms with Crippen LogP contribution in [-0.2, 0) is 4.74 Å². The average molecular weight is 198 g/mol. The van der Waals surface area contributed by atoms with Crippen molar-refractivity contribution in [2.75, 3.05) is 25.6 Å². The Morgan fingerprint density at radius 1 is 1.69 bits per heavy atom. The molecule has 0 aliphatic heterocycles. The summed E-state index contributed by atoms with van der Waals surface area (Å²) in [5.74, 6) is 0.815. The third-order valence-corrected chi connectivity index (χ3v) is 3.20. The fraction of sp³-hybridized carbons (Fsp3) is 0.667. The molecule has 0 radical (unpaired) electrons. The van der Waals surface area contributed by atoms with Gasteiger partial charge in [-0.3, -0.25) is 0 Å². The SMILES string of the molecule is COCCNc1ncc(C2CC2)s1. The number of methoxy groups -OCH3 is 1. The van der Waals surface area contributed by atoms with Crippen molar-refractivity contribution in [3.05, 3.63) is 11.1 Å². The Morgan fingerprint density at radius 3 is 3.23 bits per heavy atom. The number of nitrogens with zero attached hydrogens (tertiary/aromatic N) is 1. The number of hydrogen-bond donors (Lipinski definition) is 1. The van der Waals surface area contributed by atoms with Crippen molar-refractivity contribution in [3.8, 4) is 0 Å².